The molecule has 3 aromatic rings. The number of carbonyl (C=O) groups excluding carboxylic acids is 1. The number of hydrogen-bond acceptors (Lipinski definition) is 8. The van der Waals surface area contributed by atoms with Gasteiger partial charge < -0.3 is 23.9 Å². The monoisotopic (exact) mass is 532 g/mol. The van der Waals surface area contributed by atoms with E-state index in [1.165, 1.54) is 28.4 Å². The lowest BCUT2D eigenvalue weighted by Crippen LogP contribution is -2.40. The van der Waals surface area contributed by atoms with E-state index in [2.05, 4.69) is 5.32 Å². The second kappa shape index (κ2) is 11.8. The molecule has 1 aromatic heterocycles. The number of para-hydroxylation sites is 1. The molecule has 36 heavy (non-hydrogen) atoms. The molecule has 1 aliphatic rings. The van der Waals surface area contributed by atoms with E-state index < -0.39 is 15.9 Å². The van der Waals surface area contributed by atoms with Crippen molar-refractivity contribution in [3.63, 3.8) is 0 Å². The number of amides is 1. The molecule has 0 spiro atoms. The summed E-state index contributed by atoms with van der Waals surface area (Å²) in [4.78, 5) is 13.9. The van der Waals surface area contributed by atoms with Crippen LogP contribution in [0.3, 0.4) is 0 Å². The van der Waals surface area contributed by atoms with Gasteiger partial charge in [-0.1, -0.05) is 12.1 Å². The fraction of sp³-hybridized carbons (Fsp3) is 0.320. The quantitative estimate of drug-likeness (QED) is 0.395. The van der Waals surface area contributed by atoms with Crippen LogP contribution in [0.2, 0.25) is 0 Å². The Balaban J connectivity index is 1.63. The largest absolute Gasteiger partial charge is 0.493 e. The molecule has 0 unspecified atom stereocenters. The zero-order valence-electron chi connectivity index (χ0n) is 20.1. The van der Waals surface area contributed by atoms with Crippen LogP contribution in [0.5, 0.6) is 11.5 Å². The van der Waals surface area contributed by atoms with Gasteiger partial charge in [0.05, 0.1) is 50.7 Å². The lowest BCUT2D eigenvalue weighted by molar-refractivity contribution is 0.0730. The average Bonchev–Trinajstić information content (AvgIpc) is 3.44. The van der Waals surface area contributed by atoms with Gasteiger partial charge in [-0.2, -0.15) is 4.31 Å². The van der Waals surface area contributed by atoms with Gasteiger partial charge in [0.25, 0.3) is 5.91 Å². The highest BCUT2D eigenvalue weighted by Gasteiger charge is 2.28. The number of hydrogen-bond donors (Lipinski definition) is 1. The fourth-order valence-electron chi connectivity index (χ4n) is 3.81. The Hall–Kier alpha value is -2.99. The van der Waals surface area contributed by atoms with Gasteiger partial charge in [-0.05, 0) is 36.4 Å². The molecule has 1 aliphatic heterocycles. The van der Waals surface area contributed by atoms with Gasteiger partial charge in [0.15, 0.2) is 11.5 Å². The topological polar surface area (TPSA) is 107 Å². The molecule has 2 aromatic carbocycles. The number of furan rings is 1. The molecular weight excluding hydrogens is 504 g/mol. The summed E-state index contributed by atoms with van der Waals surface area (Å²) in [6, 6.07) is 13.7. The van der Waals surface area contributed by atoms with Crippen molar-refractivity contribution in [3.8, 4) is 11.5 Å². The van der Waals surface area contributed by atoms with E-state index in [9.17, 15) is 13.2 Å². The molecule has 1 N–H and O–H groups in total. The molecule has 11 heteroatoms. The molecule has 4 rings (SSSR count). The number of carbonyl (C=O) groups is 1. The van der Waals surface area contributed by atoms with Crippen LogP contribution >= 0.6 is 11.8 Å². The number of sulfonamides is 1. The Labute approximate surface area is 214 Å². The Kier molecular flexibility index (Phi) is 8.57. The number of morpholine rings is 1. The van der Waals surface area contributed by atoms with Crippen molar-refractivity contribution in [2.45, 2.75) is 22.1 Å². The van der Waals surface area contributed by atoms with Crippen molar-refractivity contribution in [1.29, 1.82) is 0 Å². The van der Waals surface area contributed by atoms with Gasteiger partial charge in [0, 0.05) is 29.3 Å². The van der Waals surface area contributed by atoms with E-state index in [4.69, 9.17) is 18.6 Å². The highest BCUT2D eigenvalue weighted by molar-refractivity contribution is 7.98. The number of ether oxygens (including phenoxy) is 3. The summed E-state index contributed by atoms with van der Waals surface area (Å²) in [6.45, 7) is 1.40. The first-order chi connectivity index (χ1) is 17.4. The normalized spacial score (nSPS) is 14.4. The van der Waals surface area contributed by atoms with E-state index in [1.54, 1.807) is 38.5 Å². The Morgan fingerprint density at radius 1 is 1.08 bits per heavy atom. The van der Waals surface area contributed by atoms with Crippen LogP contribution in [0.4, 0.5) is 0 Å². The molecule has 0 atom stereocenters. The molecule has 0 radical (unpaired) electrons. The summed E-state index contributed by atoms with van der Waals surface area (Å²) in [5.74, 6) is 1.90. The number of methoxy groups -OCH3 is 2. The van der Waals surface area contributed by atoms with Crippen molar-refractivity contribution in [2.24, 2.45) is 0 Å². The Morgan fingerprint density at radius 3 is 2.58 bits per heavy atom. The summed E-state index contributed by atoms with van der Waals surface area (Å²) >= 11 is 1.41. The smallest absolute Gasteiger partial charge is 0.252 e. The van der Waals surface area contributed by atoms with Gasteiger partial charge in [-0.3, -0.25) is 4.79 Å². The minimum absolute atomic E-state index is 0.0656. The second-order valence-corrected chi connectivity index (χ2v) is 10.8. The summed E-state index contributed by atoms with van der Waals surface area (Å²) in [7, 11) is -0.623. The van der Waals surface area contributed by atoms with Crippen molar-refractivity contribution in [2.75, 3.05) is 40.5 Å². The van der Waals surface area contributed by atoms with Crippen molar-refractivity contribution >= 4 is 27.7 Å². The lowest BCUT2D eigenvalue weighted by atomic mass is 10.2. The summed E-state index contributed by atoms with van der Waals surface area (Å²) in [5.41, 5.74) is 1.15. The second-order valence-electron chi connectivity index (χ2n) is 7.88. The third-order valence-corrected chi connectivity index (χ3v) is 8.69. The molecule has 192 valence electrons. The lowest BCUT2D eigenvalue weighted by Gasteiger charge is -2.26. The van der Waals surface area contributed by atoms with E-state index in [0.29, 0.717) is 41.1 Å². The highest BCUT2D eigenvalue weighted by atomic mass is 32.2. The number of benzene rings is 2. The molecule has 0 bridgehead atoms. The maximum Gasteiger partial charge on any atom is 0.252 e. The minimum atomic E-state index is -3.77. The van der Waals surface area contributed by atoms with Gasteiger partial charge in [0.2, 0.25) is 10.0 Å². The predicted molar refractivity (Wildman–Crippen MR) is 135 cm³/mol. The highest BCUT2D eigenvalue weighted by Crippen LogP contribution is 2.36. The zero-order valence-corrected chi connectivity index (χ0v) is 21.7. The van der Waals surface area contributed by atoms with Crippen LogP contribution in [0.15, 0.2) is 69.0 Å². The van der Waals surface area contributed by atoms with Crippen molar-refractivity contribution in [3.05, 3.63) is 71.7 Å². The number of nitrogens with zero attached hydrogens (tertiary/aromatic N) is 1. The van der Waals surface area contributed by atoms with E-state index >= 15 is 0 Å². The molecule has 0 aliphatic carbocycles. The van der Waals surface area contributed by atoms with Gasteiger partial charge in [-0.25, -0.2) is 8.42 Å². The van der Waals surface area contributed by atoms with E-state index in [1.807, 2.05) is 18.2 Å². The SMILES string of the molecule is COc1cccc(CSc2ccc(S(=O)(=O)N3CCOCC3)cc2C(=O)NCc2ccco2)c1OC. The molecule has 9 nitrogen and oxygen atoms in total. The van der Waals surface area contributed by atoms with Crippen LogP contribution in [0, 0.1) is 0 Å². The molecule has 0 saturated carbocycles. The van der Waals surface area contributed by atoms with Crippen molar-refractivity contribution in [1.82, 2.24) is 9.62 Å². The maximum absolute atomic E-state index is 13.2. The van der Waals surface area contributed by atoms with E-state index in [-0.39, 0.29) is 30.1 Å². The Morgan fingerprint density at radius 2 is 1.89 bits per heavy atom. The Bertz CT molecular complexity index is 1290. The molecule has 1 saturated heterocycles. The third-order valence-electron chi connectivity index (χ3n) is 5.67. The first-order valence-electron chi connectivity index (χ1n) is 11.3. The first-order valence-corrected chi connectivity index (χ1v) is 13.7. The average molecular weight is 533 g/mol. The zero-order chi connectivity index (χ0) is 25.5. The van der Waals surface area contributed by atoms with Gasteiger partial charge >= 0.3 is 0 Å². The fourth-order valence-corrected chi connectivity index (χ4v) is 6.25. The number of rotatable bonds is 10. The third kappa shape index (κ3) is 5.86. The van der Waals surface area contributed by atoms with E-state index in [0.717, 1.165) is 5.56 Å². The maximum atomic E-state index is 13.2. The summed E-state index contributed by atoms with van der Waals surface area (Å²) in [5, 5.41) is 2.82. The molecule has 1 fully saturated rings. The molecule has 1 amide bonds. The molecule has 2 heterocycles. The van der Waals surface area contributed by atoms with Crippen LogP contribution in [-0.2, 0) is 27.1 Å². The van der Waals surface area contributed by atoms with Crippen LogP contribution in [0.1, 0.15) is 21.7 Å². The van der Waals surface area contributed by atoms with Crippen molar-refractivity contribution < 1.29 is 31.8 Å². The van der Waals surface area contributed by atoms with Crippen LogP contribution in [0.25, 0.3) is 0 Å². The standard InChI is InChI=1S/C25H28N2O7S2/c1-31-22-7-3-5-18(24(22)32-2)17-35-23-9-8-20(36(29,30)27-10-13-33-14-11-27)15-21(23)25(28)26-16-19-6-4-12-34-19/h3-9,12,15H,10-11,13-14,16-17H2,1-2H3,(H,26,28). The summed E-state index contributed by atoms with van der Waals surface area (Å²) in [6.07, 6.45) is 1.53. The van der Waals surface area contributed by atoms with Crippen LogP contribution in [-0.4, -0.2) is 59.2 Å². The number of nitrogens with one attached hydrogen (secondary N) is 1. The minimum Gasteiger partial charge on any atom is -0.493 e. The van der Waals surface area contributed by atoms with Gasteiger partial charge in [-0.15, -0.1) is 11.8 Å². The van der Waals surface area contributed by atoms with Crippen LogP contribution < -0.4 is 14.8 Å². The number of thioether (sulfide) groups is 1. The molecular formula is C25H28N2O7S2. The first kappa shape index (κ1) is 26.1. The predicted octanol–water partition coefficient (Wildman–Crippen LogP) is 3.54. The summed E-state index contributed by atoms with van der Waals surface area (Å²) < 4.78 is 49.3. The van der Waals surface area contributed by atoms with Gasteiger partial charge in [0.1, 0.15) is 5.76 Å².